The van der Waals surface area contributed by atoms with Gasteiger partial charge in [0.15, 0.2) is 0 Å². The van der Waals surface area contributed by atoms with Crippen LogP contribution in [0.15, 0.2) is 59.0 Å². The Balaban J connectivity index is 1.68. The Morgan fingerprint density at radius 2 is 1.87 bits per heavy atom. The summed E-state index contributed by atoms with van der Waals surface area (Å²) in [4.78, 5) is 12.7. The van der Waals surface area contributed by atoms with E-state index in [2.05, 4.69) is 11.4 Å². The Kier molecular flexibility index (Phi) is 7.21. The minimum Gasteiger partial charge on any atom is -0.352 e. The number of carbonyl (C=O) groups excluding carboxylic acids is 1. The van der Waals surface area contributed by atoms with Gasteiger partial charge in [-0.15, -0.1) is 0 Å². The van der Waals surface area contributed by atoms with E-state index in [4.69, 9.17) is 11.6 Å². The van der Waals surface area contributed by atoms with Crippen LogP contribution in [0.5, 0.6) is 0 Å². The largest absolute Gasteiger partial charge is 0.352 e. The van der Waals surface area contributed by atoms with Crippen molar-refractivity contribution in [3.05, 3.63) is 70.3 Å². The predicted molar refractivity (Wildman–Crippen MR) is 122 cm³/mol. The molecule has 0 atom stereocenters. The molecule has 7 heteroatoms. The van der Waals surface area contributed by atoms with Crippen molar-refractivity contribution >= 4 is 33.2 Å². The smallest absolute Gasteiger partial charge is 0.264 e. The van der Waals surface area contributed by atoms with Gasteiger partial charge in [0, 0.05) is 24.2 Å². The summed E-state index contributed by atoms with van der Waals surface area (Å²) in [6.45, 7) is 2.41. The molecule has 0 unspecified atom stereocenters. The molecule has 1 aliphatic carbocycles. The van der Waals surface area contributed by atoms with Gasteiger partial charge in [-0.05, 0) is 87.1 Å². The fourth-order valence-electron chi connectivity index (χ4n) is 3.61. The van der Waals surface area contributed by atoms with Crippen molar-refractivity contribution in [2.24, 2.45) is 0 Å². The van der Waals surface area contributed by atoms with E-state index in [9.17, 15) is 13.2 Å². The van der Waals surface area contributed by atoms with Gasteiger partial charge in [-0.2, -0.15) is 0 Å². The fraction of sp³-hybridized carbons (Fsp3) is 0.348. The van der Waals surface area contributed by atoms with Crippen LogP contribution in [0.2, 0.25) is 5.02 Å². The number of hydrogen-bond acceptors (Lipinski definition) is 3. The number of halogens is 1. The number of sulfonamides is 1. The van der Waals surface area contributed by atoms with E-state index >= 15 is 0 Å². The molecule has 1 N–H and O–H groups in total. The van der Waals surface area contributed by atoms with Crippen molar-refractivity contribution in [1.29, 1.82) is 0 Å². The molecular formula is C23H27ClN2O3S. The van der Waals surface area contributed by atoms with Crippen LogP contribution in [0.4, 0.5) is 5.69 Å². The normalized spacial score (nSPS) is 14.2. The number of carbonyl (C=O) groups is 1. The van der Waals surface area contributed by atoms with Crippen LogP contribution in [0.1, 0.15) is 48.0 Å². The minimum absolute atomic E-state index is 0.149. The van der Waals surface area contributed by atoms with Crippen molar-refractivity contribution < 1.29 is 13.2 Å². The van der Waals surface area contributed by atoms with Crippen LogP contribution in [-0.2, 0) is 10.0 Å². The first-order chi connectivity index (χ1) is 14.3. The number of nitrogens with one attached hydrogen (secondary N) is 1. The van der Waals surface area contributed by atoms with Crippen LogP contribution in [-0.4, -0.2) is 27.9 Å². The first kappa shape index (κ1) is 22.4. The van der Waals surface area contributed by atoms with Crippen LogP contribution in [0, 0.1) is 6.92 Å². The molecule has 0 saturated carbocycles. The van der Waals surface area contributed by atoms with Crippen molar-refractivity contribution in [2.75, 3.05) is 17.9 Å². The van der Waals surface area contributed by atoms with E-state index in [1.807, 2.05) is 0 Å². The van der Waals surface area contributed by atoms with Gasteiger partial charge in [-0.1, -0.05) is 23.3 Å². The fourth-order valence-corrected chi connectivity index (χ4v) is 5.00. The number of hydrogen-bond donors (Lipinski definition) is 1. The highest BCUT2D eigenvalue weighted by Crippen LogP contribution is 2.27. The topological polar surface area (TPSA) is 66.5 Å². The SMILES string of the molecule is Cc1cc(C(=O)NCCC2=CCCCC2)ccc1N(C)S(=O)(=O)c1ccc(Cl)cc1. The summed E-state index contributed by atoms with van der Waals surface area (Å²) < 4.78 is 27.0. The summed E-state index contributed by atoms with van der Waals surface area (Å²) in [5.41, 5.74) is 3.17. The number of amides is 1. The van der Waals surface area contributed by atoms with Gasteiger partial charge >= 0.3 is 0 Å². The Hall–Kier alpha value is -2.31. The molecule has 3 rings (SSSR count). The second-order valence-corrected chi connectivity index (χ2v) is 9.95. The van der Waals surface area contributed by atoms with Gasteiger partial charge in [-0.25, -0.2) is 8.42 Å². The number of benzene rings is 2. The molecule has 0 fully saturated rings. The molecule has 0 saturated heterocycles. The molecular weight excluding hydrogens is 420 g/mol. The van der Waals surface area contributed by atoms with Gasteiger partial charge < -0.3 is 5.32 Å². The van der Waals surface area contributed by atoms with Crippen LogP contribution >= 0.6 is 11.6 Å². The average Bonchev–Trinajstić information content (AvgIpc) is 2.74. The molecule has 0 radical (unpaired) electrons. The van der Waals surface area contributed by atoms with Gasteiger partial charge in [-0.3, -0.25) is 9.10 Å². The molecule has 30 heavy (non-hydrogen) atoms. The van der Waals surface area contributed by atoms with E-state index in [1.165, 1.54) is 41.9 Å². The molecule has 160 valence electrons. The maximum absolute atomic E-state index is 12.9. The highest BCUT2D eigenvalue weighted by molar-refractivity contribution is 7.92. The van der Waals surface area contributed by atoms with Crippen LogP contribution in [0.25, 0.3) is 0 Å². The van der Waals surface area contributed by atoms with Gasteiger partial charge in [0.1, 0.15) is 0 Å². The summed E-state index contributed by atoms with van der Waals surface area (Å²) in [5.74, 6) is -0.149. The van der Waals surface area contributed by atoms with Crippen LogP contribution in [0.3, 0.4) is 0 Å². The summed E-state index contributed by atoms with van der Waals surface area (Å²) in [6, 6.07) is 11.1. The van der Waals surface area contributed by atoms with Crippen LogP contribution < -0.4 is 9.62 Å². The lowest BCUT2D eigenvalue weighted by Gasteiger charge is -2.22. The van der Waals surface area contributed by atoms with Gasteiger partial charge in [0.25, 0.3) is 15.9 Å². The number of aryl methyl sites for hydroxylation is 1. The zero-order valence-corrected chi connectivity index (χ0v) is 18.9. The minimum atomic E-state index is -3.72. The first-order valence-electron chi connectivity index (χ1n) is 10.1. The van der Waals surface area contributed by atoms with E-state index in [-0.39, 0.29) is 10.8 Å². The van der Waals surface area contributed by atoms with Crippen molar-refractivity contribution in [2.45, 2.75) is 43.9 Å². The third-order valence-corrected chi connectivity index (χ3v) is 7.42. The molecule has 0 bridgehead atoms. The Morgan fingerprint density at radius 1 is 1.13 bits per heavy atom. The standard InChI is InChI=1S/C23H27ClN2O3S/c1-17-16-19(23(27)25-15-14-18-6-4-3-5-7-18)8-13-22(17)26(2)30(28,29)21-11-9-20(24)10-12-21/h6,8-13,16H,3-5,7,14-15H2,1-2H3,(H,25,27). The highest BCUT2D eigenvalue weighted by Gasteiger charge is 2.23. The second kappa shape index (κ2) is 9.67. The molecule has 2 aromatic rings. The van der Waals surface area contributed by atoms with Gasteiger partial charge in [0.2, 0.25) is 0 Å². The summed E-state index contributed by atoms with van der Waals surface area (Å²) >= 11 is 5.86. The maximum Gasteiger partial charge on any atom is 0.264 e. The molecule has 0 spiro atoms. The van der Waals surface area contributed by atoms with Gasteiger partial charge in [0.05, 0.1) is 10.6 Å². The number of allylic oxidation sites excluding steroid dienone is 1. The Labute approximate surface area is 183 Å². The monoisotopic (exact) mass is 446 g/mol. The predicted octanol–water partition coefficient (Wildman–Crippen LogP) is 5.09. The van der Waals surface area contributed by atoms with Crippen molar-refractivity contribution in [3.63, 3.8) is 0 Å². The molecule has 0 aromatic heterocycles. The van der Waals surface area contributed by atoms with E-state index < -0.39 is 10.0 Å². The lowest BCUT2D eigenvalue weighted by molar-refractivity contribution is 0.0954. The third kappa shape index (κ3) is 5.24. The molecule has 0 aliphatic heterocycles. The third-order valence-electron chi connectivity index (χ3n) is 5.39. The number of anilines is 1. The quantitative estimate of drug-likeness (QED) is 0.602. The average molecular weight is 447 g/mol. The molecule has 5 nitrogen and oxygen atoms in total. The summed E-state index contributed by atoms with van der Waals surface area (Å²) in [5, 5.41) is 3.43. The molecule has 0 heterocycles. The lowest BCUT2D eigenvalue weighted by Crippen LogP contribution is -2.28. The van der Waals surface area contributed by atoms with Crippen molar-refractivity contribution in [1.82, 2.24) is 5.32 Å². The number of rotatable bonds is 7. The zero-order valence-electron chi connectivity index (χ0n) is 17.3. The van der Waals surface area contributed by atoms with E-state index in [0.29, 0.717) is 28.4 Å². The first-order valence-corrected chi connectivity index (χ1v) is 11.9. The van der Waals surface area contributed by atoms with E-state index in [0.717, 1.165) is 19.3 Å². The number of nitrogens with zero attached hydrogens (tertiary/aromatic N) is 1. The lowest BCUT2D eigenvalue weighted by atomic mass is 9.97. The second-order valence-electron chi connectivity index (χ2n) is 7.54. The molecule has 2 aromatic carbocycles. The Morgan fingerprint density at radius 3 is 2.50 bits per heavy atom. The molecule has 1 amide bonds. The van der Waals surface area contributed by atoms with E-state index in [1.54, 1.807) is 37.3 Å². The summed E-state index contributed by atoms with van der Waals surface area (Å²) in [7, 11) is -2.22. The molecule has 1 aliphatic rings. The Bertz CT molecular complexity index is 1050. The maximum atomic E-state index is 12.9. The zero-order chi connectivity index (χ0) is 21.7. The highest BCUT2D eigenvalue weighted by atomic mass is 35.5. The summed E-state index contributed by atoms with van der Waals surface area (Å²) in [6.07, 6.45) is 7.90. The van der Waals surface area contributed by atoms with Crippen molar-refractivity contribution in [3.8, 4) is 0 Å².